The molecule has 1 fully saturated rings. The molecule has 1 saturated heterocycles. The van der Waals surface area contributed by atoms with E-state index in [0.29, 0.717) is 36.0 Å². The van der Waals surface area contributed by atoms with Crippen LogP contribution in [0.25, 0.3) is 11.0 Å². The monoisotopic (exact) mass is 605 g/mol. The Kier molecular flexibility index (Phi) is 8.24. The van der Waals surface area contributed by atoms with E-state index in [-0.39, 0.29) is 17.6 Å². The fourth-order valence-corrected chi connectivity index (χ4v) is 5.67. The zero-order valence-electron chi connectivity index (χ0n) is 24.3. The third kappa shape index (κ3) is 6.03. The summed E-state index contributed by atoms with van der Waals surface area (Å²) >= 11 is 5.99. The lowest BCUT2D eigenvalue weighted by molar-refractivity contribution is -0.217. The van der Waals surface area contributed by atoms with E-state index in [4.69, 9.17) is 35.5 Å². The topological polar surface area (TPSA) is 75.0 Å². The minimum absolute atomic E-state index is 0.119. The Morgan fingerprint density at radius 3 is 2.79 bits per heavy atom. The van der Waals surface area contributed by atoms with Gasteiger partial charge in [0.05, 0.1) is 48.5 Å². The van der Waals surface area contributed by atoms with Crippen LogP contribution in [0.3, 0.4) is 0 Å². The lowest BCUT2D eigenvalue weighted by Gasteiger charge is -2.39. The van der Waals surface area contributed by atoms with Gasteiger partial charge in [-0.15, -0.1) is 0 Å². The third-order valence-corrected chi connectivity index (χ3v) is 8.10. The Morgan fingerprint density at radius 2 is 2.05 bits per heavy atom. The summed E-state index contributed by atoms with van der Waals surface area (Å²) < 4.78 is 40.3. The van der Waals surface area contributed by atoms with E-state index < -0.39 is 17.7 Å². The SMILES string of the molecule is COC(=O)c1ccc2nc(CN(C)C/C=C/C3OC(C)(c4ccc(Cl)cc4F)Oc4ccccc43)n(C[C@@H]3CCO3)c2c1. The van der Waals surface area contributed by atoms with Crippen molar-refractivity contribution in [3.05, 3.63) is 106 Å². The van der Waals surface area contributed by atoms with Crippen LogP contribution in [0.2, 0.25) is 5.02 Å². The quantitative estimate of drug-likeness (QED) is 0.161. The molecule has 6 rings (SSSR count). The van der Waals surface area contributed by atoms with E-state index >= 15 is 0 Å². The second-order valence-corrected chi connectivity index (χ2v) is 11.4. The molecule has 43 heavy (non-hydrogen) atoms. The van der Waals surface area contributed by atoms with Crippen LogP contribution in [-0.2, 0) is 33.1 Å². The number of likely N-dealkylation sites (N-methyl/N-ethyl adjacent to an activating group) is 1. The molecule has 2 unspecified atom stereocenters. The van der Waals surface area contributed by atoms with Gasteiger partial charge in [-0.1, -0.05) is 42.0 Å². The molecular formula is C33H33ClFN3O5. The number of imidazole rings is 1. The molecule has 1 aromatic heterocycles. The van der Waals surface area contributed by atoms with E-state index in [1.807, 2.05) is 55.6 Å². The van der Waals surface area contributed by atoms with Gasteiger partial charge < -0.3 is 23.5 Å². The highest BCUT2D eigenvalue weighted by molar-refractivity contribution is 6.30. The highest BCUT2D eigenvalue weighted by Crippen LogP contribution is 2.44. The Labute approximate surface area is 254 Å². The summed E-state index contributed by atoms with van der Waals surface area (Å²) in [4.78, 5) is 19.2. The highest BCUT2D eigenvalue weighted by atomic mass is 35.5. The van der Waals surface area contributed by atoms with Crippen LogP contribution < -0.4 is 4.74 Å². The van der Waals surface area contributed by atoms with Crippen LogP contribution in [0.4, 0.5) is 4.39 Å². The molecule has 224 valence electrons. The first-order valence-electron chi connectivity index (χ1n) is 14.2. The van der Waals surface area contributed by atoms with Gasteiger partial charge in [-0.3, -0.25) is 4.90 Å². The second kappa shape index (κ2) is 12.1. The van der Waals surface area contributed by atoms with Crippen molar-refractivity contribution >= 4 is 28.6 Å². The zero-order valence-corrected chi connectivity index (χ0v) is 25.0. The maximum Gasteiger partial charge on any atom is 0.337 e. The van der Waals surface area contributed by atoms with Gasteiger partial charge in [0.15, 0.2) is 0 Å². The Hall–Kier alpha value is -3.76. The Bertz CT molecular complexity index is 1690. The maximum atomic E-state index is 14.9. The van der Waals surface area contributed by atoms with Crippen LogP contribution in [0.15, 0.2) is 72.8 Å². The van der Waals surface area contributed by atoms with Crippen molar-refractivity contribution < 1.29 is 28.1 Å². The molecular weight excluding hydrogens is 573 g/mol. The first-order chi connectivity index (χ1) is 20.7. The average molecular weight is 606 g/mol. The van der Waals surface area contributed by atoms with Crippen LogP contribution in [0.1, 0.15) is 46.8 Å². The van der Waals surface area contributed by atoms with Crippen LogP contribution in [0, 0.1) is 5.82 Å². The van der Waals surface area contributed by atoms with E-state index in [0.717, 1.165) is 35.4 Å². The van der Waals surface area contributed by atoms with Crippen molar-refractivity contribution in [2.75, 3.05) is 27.3 Å². The highest BCUT2D eigenvalue weighted by Gasteiger charge is 2.40. The molecule has 0 bridgehead atoms. The predicted octanol–water partition coefficient (Wildman–Crippen LogP) is 6.42. The Morgan fingerprint density at radius 1 is 1.23 bits per heavy atom. The molecule has 3 aromatic carbocycles. The number of aromatic nitrogens is 2. The van der Waals surface area contributed by atoms with E-state index in [9.17, 15) is 9.18 Å². The average Bonchev–Trinajstić information content (AvgIpc) is 3.29. The predicted molar refractivity (Wildman–Crippen MR) is 161 cm³/mol. The largest absolute Gasteiger partial charge is 0.465 e. The standard InChI is InChI=1S/C33H33ClFN3O5/c1-33(25-12-11-22(34)18-26(25)35)42-29-8-5-4-7-24(29)30(43-33)9-6-15-37(2)20-31-36-27-13-10-21(32(39)40-3)17-28(27)38(31)19-23-14-16-41-23/h4-13,17-18,23,30H,14-16,19-20H2,1-3H3/b9-6+/t23-,30?,33?/m0/s1. The van der Waals surface area contributed by atoms with Gasteiger partial charge in [0.1, 0.15) is 23.5 Å². The van der Waals surface area contributed by atoms with E-state index in [1.165, 1.54) is 13.2 Å². The summed E-state index contributed by atoms with van der Waals surface area (Å²) in [6, 6.07) is 17.5. The second-order valence-electron chi connectivity index (χ2n) is 11.0. The minimum Gasteiger partial charge on any atom is -0.465 e. The summed E-state index contributed by atoms with van der Waals surface area (Å²) in [5.41, 5.74) is 3.30. The first-order valence-corrected chi connectivity index (χ1v) is 14.6. The number of hydrogen-bond acceptors (Lipinski definition) is 7. The smallest absolute Gasteiger partial charge is 0.337 e. The van der Waals surface area contributed by atoms with Gasteiger partial charge >= 0.3 is 5.97 Å². The molecule has 8 nitrogen and oxygen atoms in total. The number of carbonyl (C=O) groups excluding carboxylic acids is 1. The van der Waals surface area contributed by atoms with Crippen LogP contribution in [0.5, 0.6) is 5.75 Å². The van der Waals surface area contributed by atoms with Crippen LogP contribution >= 0.6 is 11.6 Å². The van der Waals surface area contributed by atoms with Gasteiger partial charge in [0.2, 0.25) is 5.79 Å². The summed E-state index contributed by atoms with van der Waals surface area (Å²) in [5.74, 6) is -0.717. The molecule has 4 aromatic rings. The van der Waals surface area contributed by atoms with Gasteiger partial charge in [0.25, 0.3) is 0 Å². The number of rotatable bonds is 9. The molecule has 0 N–H and O–H groups in total. The molecule has 0 aliphatic carbocycles. The molecule has 0 radical (unpaired) electrons. The van der Waals surface area contributed by atoms with Crippen molar-refractivity contribution in [3.63, 3.8) is 0 Å². The first kappa shape index (κ1) is 29.3. The number of para-hydroxylation sites is 1. The number of methoxy groups -OCH3 is 1. The maximum absolute atomic E-state index is 14.9. The van der Waals surface area contributed by atoms with Crippen molar-refractivity contribution in [2.45, 2.75) is 44.4 Å². The Balaban J connectivity index is 1.21. The molecule has 3 atom stereocenters. The normalized spacial score (nSPS) is 21.5. The molecule has 0 spiro atoms. The molecule has 2 aliphatic heterocycles. The minimum atomic E-state index is -1.35. The molecule has 0 saturated carbocycles. The number of halogens is 2. The van der Waals surface area contributed by atoms with E-state index in [2.05, 4.69) is 9.47 Å². The number of ether oxygens (including phenoxy) is 4. The van der Waals surface area contributed by atoms with Gasteiger partial charge in [-0.25, -0.2) is 14.2 Å². The van der Waals surface area contributed by atoms with Gasteiger partial charge in [-0.2, -0.15) is 0 Å². The number of fused-ring (bicyclic) bond motifs is 2. The molecule has 10 heteroatoms. The zero-order chi connectivity index (χ0) is 30.1. The summed E-state index contributed by atoms with van der Waals surface area (Å²) in [5, 5.41) is 0.304. The third-order valence-electron chi connectivity index (χ3n) is 7.87. The number of nitrogens with zero attached hydrogens (tertiary/aromatic N) is 3. The fourth-order valence-electron chi connectivity index (χ4n) is 5.51. The molecule has 2 aliphatic rings. The van der Waals surface area contributed by atoms with Crippen molar-refractivity contribution in [3.8, 4) is 5.75 Å². The van der Waals surface area contributed by atoms with Crippen molar-refractivity contribution in [1.82, 2.24) is 14.5 Å². The van der Waals surface area contributed by atoms with Gasteiger partial charge in [0, 0.05) is 30.7 Å². The number of benzene rings is 3. The number of hydrogen-bond donors (Lipinski definition) is 0. The fraction of sp³-hybridized carbons (Fsp3) is 0.333. The van der Waals surface area contributed by atoms with Crippen molar-refractivity contribution in [1.29, 1.82) is 0 Å². The summed E-state index contributed by atoms with van der Waals surface area (Å²) in [6.45, 7) is 4.30. The number of carbonyl (C=O) groups is 1. The van der Waals surface area contributed by atoms with Crippen molar-refractivity contribution in [2.24, 2.45) is 0 Å². The lowest BCUT2D eigenvalue weighted by Crippen LogP contribution is -2.38. The summed E-state index contributed by atoms with van der Waals surface area (Å²) in [6.07, 6.45) is 4.64. The lowest BCUT2D eigenvalue weighted by atomic mass is 10.0. The summed E-state index contributed by atoms with van der Waals surface area (Å²) in [7, 11) is 3.39. The van der Waals surface area contributed by atoms with E-state index in [1.54, 1.807) is 25.1 Å². The number of esters is 1. The van der Waals surface area contributed by atoms with Crippen LogP contribution in [-0.4, -0.2) is 53.8 Å². The van der Waals surface area contributed by atoms with Gasteiger partial charge in [-0.05, 0) is 55.9 Å². The molecule has 3 heterocycles. The molecule has 0 amide bonds.